The first-order valence-electron chi connectivity index (χ1n) is 6.88. The predicted octanol–water partition coefficient (Wildman–Crippen LogP) is 2.88. The monoisotopic (exact) mass is 279 g/mol. The molecule has 0 saturated heterocycles. The third kappa shape index (κ3) is 2.85. The summed E-state index contributed by atoms with van der Waals surface area (Å²) >= 11 is 0. The van der Waals surface area contributed by atoms with Gasteiger partial charge in [0.25, 0.3) is 0 Å². The van der Waals surface area contributed by atoms with Crippen molar-refractivity contribution in [2.45, 2.75) is 12.5 Å². The molecule has 1 heterocycles. The van der Waals surface area contributed by atoms with Crippen molar-refractivity contribution in [3.63, 3.8) is 0 Å². The molecule has 3 rings (SSSR count). The maximum atomic E-state index is 6.27. The van der Waals surface area contributed by atoms with Crippen LogP contribution in [0.4, 0.5) is 0 Å². The highest BCUT2D eigenvalue weighted by Crippen LogP contribution is 2.23. The Hall–Kier alpha value is -2.46. The van der Waals surface area contributed by atoms with Crippen LogP contribution in [0.2, 0.25) is 0 Å². The van der Waals surface area contributed by atoms with Gasteiger partial charge in [0.2, 0.25) is 5.88 Å². The van der Waals surface area contributed by atoms with E-state index in [0.29, 0.717) is 5.88 Å². The van der Waals surface area contributed by atoms with E-state index < -0.39 is 0 Å². The van der Waals surface area contributed by atoms with Crippen LogP contribution < -0.4 is 10.5 Å². The molecule has 2 aromatic carbocycles. The first kappa shape index (κ1) is 13.5. The smallest absolute Gasteiger partial charge is 0.233 e. The van der Waals surface area contributed by atoms with Crippen molar-refractivity contribution < 1.29 is 4.74 Å². The second-order valence-electron chi connectivity index (χ2n) is 4.95. The van der Waals surface area contributed by atoms with Gasteiger partial charge >= 0.3 is 0 Å². The Balaban J connectivity index is 1.87. The topological polar surface area (TPSA) is 61.0 Å². The van der Waals surface area contributed by atoms with E-state index in [-0.39, 0.29) is 6.04 Å². The molecule has 3 aromatic rings. The first-order valence-corrected chi connectivity index (χ1v) is 6.88. The fourth-order valence-electron chi connectivity index (χ4n) is 2.45. The number of fused-ring (bicyclic) bond motifs is 1. The Morgan fingerprint density at radius 1 is 1.00 bits per heavy atom. The summed E-state index contributed by atoms with van der Waals surface area (Å²) in [5, 5.41) is 10.6. The average molecular weight is 279 g/mol. The van der Waals surface area contributed by atoms with Gasteiger partial charge < -0.3 is 10.5 Å². The number of aromatic nitrogens is 2. The van der Waals surface area contributed by atoms with Crippen LogP contribution in [0, 0.1) is 0 Å². The highest BCUT2D eigenvalue weighted by atomic mass is 16.5. The second kappa shape index (κ2) is 5.89. The number of hydrogen-bond donors (Lipinski definition) is 1. The van der Waals surface area contributed by atoms with Gasteiger partial charge in [-0.3, -0.25) is 0 Å². The summed E-state index contributed by atoms with van der Waals surface area (Å²) in [7, 11) is 1.57. The Kier molecular flexibility index (Phi) is 3.79. The van der Waals surface area contributed by atoms with Crippen LogP contribution >= 0.6 is 0 Å². The lowest BCUT2D eigenvalue weighted by molar-refractivity contribution is 0.390. The van der Waals surface area contributed by atoms with Gasteiger partial charge in [-0.1, -0.05) is 42.5 Å². The van der Waals surface area contributed by atoms with Crippen molar-refractivity contribution in [1.29, 1.82) is 0 Å². The minimum absolute atomic E-state index is 0.186. The molecule has 106 valence electrons. The number of ether oxygens (including phenoxy) is 1. The highest BCUT2D eigenvalue weighted by Gasteiger charge is 2.11. The van der Waals surface area contributed by atoms with Gasteiger partial charge in [0, 0.05) is 6.07 Å². The Labute approximate surface area is 123 Å². The molecule has 21 heavy (non-hydrogen) atoms. The molecule has 4 nitrogen and oxygen atoms in total. The van der Waals surface area contributed by atoms with E-state index in [2.05, 4.69) is 40.5 Å². The molecule has 0 amide bonds. The molecule has 0 saturated carbocycles. The van der Waals surface area contributed by atoms with Crippen molar-refractivity contribution in [2.75, 3.05) is 7.11 Å². The fraction of sp³-hybridized carbons (Fsp3) is 0.176. The minimum Gasteiger partial charge on any atom is -0.480 e. The third-order valence-electron chi connectivity index (χ3n) is 3.57. The van der Waals surface area contributed by atoms with Crippen LogP contribution in [0.5, 0.6) is 5.88 Å². The molecule has 1 unspecified atom stereocenters. The molecule has 2 N–H and O–H groups in total. The quantitative estimate of drug-likeness (QED) is 0.797. The van der Waals surface area contributed by atoms with Gasteiger partial charge in [0.05, 0.1) is 18.8 Å². The molecule has 0 bridgehead atoms. The molecule has 0 aliphatic rings. The van der Waals surface area contributed by atoms with Crippen molar-refractivity contribution in [3.8, 4) is 5.88 Å². The van der Waals surface area contributed by atoms with Crippen LogP contribution in [0.3, 0.4) is 0 Å². The molecule has 4 heteroatoms. The molecular weight excluding hydrogens is 262 g/mol. The highest BCUT2D eigenvalue weighted by molar-refractivity contribution is 5.85. The van der Waals surface area contributed by atoms with Crippen molar-refractivity contribution in [1.82, 2.24) is 10.2 Å². The average Bonchev–Trinajstić information content (AvgIpc) is 2.55. The first-order chi connectivity index (χ1) is 10.3. The summed E-state index contributed by atoms with van der Waals surface area (Å²) in [5.74, 6) is 0.496. The molecule has 0 fully saturated rings. The second-order valence-corrected chi connectivity index (χ2v) is 4.95. The van der Waals surface area contributed by atoms with E-state index >= 15 is 0 Å². The lowest BCUT2D eigenvalue weighted by atomic mass is 9.98. The molecule has 1 atom stereocenters. The number of benzene rings is 2. The summed E-state index contributed by atoms with van der Waals surface area (Å²) in [6, 6.07) is 18.1. The SMILES string of the molecule is COc1ccc(C(N)Cc2cccc3ccccc23)nn1. The number of methoxy groups -OCH3 is 1. The van der Waals surface area contributed by atoms with E-state index in [1.807, 2.05) is 18.2 Å². The van der Waals surface area contributed by atoms with Crippen molar-refractivity contribution in [2.24, 2.45) is 5.73 Å². The van der Waals surface area contributed by atoms with Crippen molar-refractivity contribution >= 4 is 10.8 Å². The summed E-state index contributed by atoms with van der Waals surface area (Å²) in [6.45, 7) is 0. The fourth-order valence-corrected chi connectivity index (χ4v) is 2.45. The number of nitrogens with zero attached hydrogens (tertiary/aromatic N) is 2. The summed E-state index contributed by atoms with van der Waals surface area (Å²) in [4.78, 5) is 0. The van der Waals surface area contributed by atoms with Gasteiger partial charge in [-0.25, -0.2) is 0 Å². The van der Waals surface area contributed by atoms with E-state index in [1.165, 1.54) is 16.3 Å². The van der Waals surface area contributed by atoms with Crippen LogP contribution in [0.15, 0.2) is 54.6 Å². The van der Waals surface area contributed by atoms with E-state index in [4.69, 9.17) is 10.5 Å². The maximum Gasteiger partial charge on any atom is 0.233 e. The van der Waals surface area contributed by atoms with Gasteiger partial charge in [-0.05, 0) is 28.8 Å². The Morgan fingerprint density at radius 2 is 1.81 bits per heavy atom. The summed E-state index contributed by atoms with van der Waals surface area (Å²) < 4.78 is 5.01. The predicted molar refractivity (Wildman–Crippen MR) is 83.2 cm³/mol. The van der Waals surface area contributed by atoms with Crippen LogP contribution in [0.1, 0.15) is 17.3 Å². The number of hydrogen-bond acceptors (Lipinski definition) is 4. The summed E-state index contributed by atoms with van der Waals surface area (Å²) in [5.41, 5.74) is 8.25. The Morgan fingerprint density at radius 3 is 2.57 bits per heavy atom. The third-order valence-corrected chi connectivity index (χ3v) is 3.57. The zero-order chi connectivity index (χ0) is 14.7. The minimum atomic E-state index is -0.186. The molecule has 0 aliphatic heterocycles. The lowest BCUT2D eigenvalue weighted by Gasteiger charge is -2.13. The van der Waals surface area contributed by atoms with Crippen LogP contribution in [0.25, 0.3) is 10.8 Å². The normalized spacial score (nSPS) is 12.3. The van der Waals surface area contributed by atoms with E-state index in [1.54, 1.807) is 13.2 Å². The van der Waals surface area contributed by atoms with Gasteiger partial charge in [-0.15, -0.1) is 5.10 Å². The molecule has 0 aliphatic carbocycles. The van der Waals surface area contributed by atoms with E-state index in [0.717, 1.165) is 12.1 Å². The molecule has 1 aromatic heterocycles. The molecule has 0 radical (unpaired) electrons. The van der Waals surface area contributed by atoms with E-state index in [9.17, 15) is 0 Å². The zero-order valence-corrected chi connectivity index (χ0v) is 11.9. The van der Waals surface area contributed by atoms with Crippen LogP contribution in [-0.2, 0) is 6.42 Å². The molecular formula is C17H17N3O. The number of nitrogens with two attached hydrogens (primary N) is 1. The van der Waals surface area contributed by atoms with Gasteiger partial charge in [0.1, 0.15) is 0 Å². The number of rotatable bonds is 4. The van der Waals surface area contributed by atoms with Gasteiger partial charge in [-0.2, -0.15) is 5.10 Å². The summed E-state index contributed by atoms with van der Waals surface area (Å²) in [6.07, 6.45) is 0.725. The van der Waals surface area contributed by atoms with Crippen molar-refractivity contribution in [3.05, 3.63) is 65.9 Å². The maximum absolute atomic E-state index is 6.27. The van der Waals surface area contributed by atoms with Gasteiger partial charge in [0.15, 0.2) is 0 Å². The standard InChI is InChI=1S/C17H17N3O/c1-21-17-10-9-16(19-20-17)15(18)11-13-7-4-6-12-5-2-3-8-14(12)13/h2-10,15H,11,18H2,1H3. The van der Waals surface area contributed by atoms with Crippen LogP contribution in [-0.4, -0.2) is 17.3 Å². The largest absolute Gasteiger partial charge is 0.480 e. The lowest BCUT2D eigenvalue weighted by Crippen LogP contribution is -2.15. The Bertz CT molecular complexity index is 735. The zero-order valence-electron chi connectivity index (χ0n) is 11.9. The molecule has 0 spiro atoms.